The van der Waals surface area contributed by atoms with E-state index in [9.17, 15) is 14.4 Å². The molecule has 2 aliphatic rings. The monoisotopic (exact) mass is 393 g/mol. The normalized spacial score (nSPS) is 19.8. The van der Waals surface area contributed by atoms with Crippen LogP contribution in [0.25, 0.3) is 0 Å². The summed E-state index contributed by atoms with van der Waals surface area (Å²) < 4.78 is 5.25. The Morgan fingerprint density at radius 3 is 2.48 bits per heavy atom. The largest absolute Gasteiger partial charge is 0.496 e. The summed E-state index contributed by atoms with van der Waals surface area (Å²) in [5.41, 5.74) is 5.32. The lowest BCUT2D eigenvalue weighted by Crippen LogP contribution is -2.52. The highest BCUT2D eigenvalue weighted by Crippen LogP contribution is 2.28. The van der Waals surface area contributed by atoms with Crippen LogP contribution in [0.15, 0.2) is 18.2 Å². The van der Waals surface area contributed by atoms with E-state index >= 15 is 0 Å². The van der Waals surface area contributed by atoms with E-state index in [0.29, 0.717) is 35.7 Å². The topological polar surface area (TPSA) is 87.7 Å². The second-order valence-electron chi connectivity index (χ2n) is 6.96. The van der Waals surface area contributed by atoms with E-state index in [0.717, 1.165) is 25.7 Å². The number of halogens is 1. The van der Waals surface area contributed by atoms with Gasteiger partial charge in [0.05, 0.1) is 12.7 Å². The number of carbonyl (C=O) groups is 3. The van der Waals surface area contributed by atoms with Crippen molar-refractivity contribution in [3.63, 3.8) is 0 Å². The van der Waals surface area contributed by atoms with Crippen molar-refractivity contribution in [1.29, 1.82) is 0 Å². The van der Waals surface area contributed by atoms with Crippen molar-refractivity contribution in [1.82, 2.24) is 15.8 Å². The first-order chi connectivity index (χ1) is 13.0. The van der Waals surface area contributed by atoms with Crippen molar-refractivity contribution < 1.29 is 19.1 Å². The average molecular weight is 394 g/mol. The van der Waals surface area contributed by atoms with Crippen LogP contribution in [0, 0.1) is 5.92 Å². The molecule has 0 aromatic heterocycles. The molecule has 3 amide bonds. The van der Waals surface area contributed by atoms with Crippen molar-refractivity contribution in [3.8, 4) is 5.75 Å². The van der Waals surface area contributed by atoms with E-state index < -0.39 is 6.04 Å². The van der Waals surface area contributed by atoms with Crippen molar-refractivity contribution in [3.05, 3.63) is 28.8 Å². The van der Waals surface area contributed by atoms with Gasteiger partial charge in [0.15, 0.2) is 0 Å². The van der Waals surface area contributed by atoms with Gasteiger partial charge in [-0.25, -0.2) is 0 Å². The van der Waals surface area contributed by atoms with Gasteiger partial charge in [-0.3, -0.25) is 25.2 Å². The molecule has 0 bridgehead atoms. The summed E-state index contributed by atoms with van der Waals surface area (Å²) in [4.78, 5) is 39.1. The maximum atomic E-state index is 13.0. The van der Waals surface area contributed by atoms with Gasteiger partial charge in [-0.15, -0.1) is 0 Å². The van der Waals surface area contributed by atoms with Crippen molar-refractivity contribution in [2.45, 2.75) is 44.6 Å². The zero-order valence-electron chi connectivity index (χ0n) is 15.3. The van der Waals surface area contributed by atoms with E-state index in [1.807, 2.05) is 0 Å². The van der Waals surface area contributed by atoms with Crippen molar-refractivity contribution >= 4 is 29.3 Å². The van der Waals surface area contributed by atoms with Crippen LogP contribution in [0.2, 0.25) is 5.02 Å². The molecule has 0 radical (unpaired) electrons. The Morgan fingerprint density at radius 2 is 1.78 bits per heavy atom. The highest BCUT2D eigenvalue weighted by Gasteiger charge is 2.36. The van der Waals surface area contributed by atoms with Gasteiger partial charge >= 0.3 is 0 Å². The second kappa shape index (κ2) is 8.61. The SMILES string of the molecule is COc1ccc(Cl)cc1C(=O)N1CCC[C@@H]1C(=O)NNC(=O)C1CCCC1. The molecule has 7 nitrogen and oxygen atoms in total. The number of hydrogen-bond donors (Lipinski definition) is 2. The fourth-order valence-electron chi connectivity index (χ4n) is 3.78. The number of nitrogens with one attached hydrogen (secondary N) is 2. The number of rotatable bonds is 4. The summed E-state index contributed by atoms with van der Waals surface area (Å²) in [6.45, 7) is 0.461. The Morgan fingerprint density at radius 1 is 1.07 bits per heavy atom. The maximum absolute atomic E-state index is 13.0. The quantitative estimate of drug-likeness (QED) is 0.768. The summed E-state index contributed by atoms with van der Waals surface area (Å²) >= 11 is 6.02. The third-order valence-corrected chi connectivity index (χ3v) is 5.48. The van der Waals surface area contributed by atoms with Gasteiger partial charge in [-0.2, -0.15) is 0 Å². The summed E-state index contributed by atoms with van der Waals surface area (Å²) in [5, 5.41) is 0.420. The van der Waals surface area contributed by atoms with Crippen LogP contribution in [0.3, 0.4) is 0 Å². The molecule has 1 aromatic carbocycles. The number of benzene rings is 1. The Bertz CT molecular complexity index is 734. The van der Waals surface area contributed by atoms with Gasteiger partial charge in [0.1, 0.15) is 11.8 Å². The first-order valence-corrected chi connectivity index (χ1v) is 9.63. The van der Waals surface area contributed by atoms with Crippen LogP contribution in [0.5, 0.6) is 5.75 Å². The minimum absolute atomic E-state index is 0.0395. The van der Waals surface area contributed by atoms with Gasteiger partial charge in [-0.05, 0) is 43.9 Å². The number of amides is 3. The molecule has 2 fully saturated rings. The summed E-state index contributed by atoms with van der Waals surface area (Å²) in [6.07, 6.45) is 5.04. The first kappa shape index (κ1) is 19.5. The molecular weight excluding hydrogens is 370 g/mol. The highest BCUT2D eigenvalue weighted by atomic mass is 35.5. The number of methoxy groups -OCH3 is 1. The number of hydrogen-bond acceptors (Lipinski definition) is 4. The van der Waals surface area contributed by atoms with Gasteiger partial charge in [0.25, 0.3) is 11.8 Å². The Kier molecular flexibility index (Phi) is 6.21. The molecule has 1 atom stereocenters. The van der Waals surface area contributed by atoms with Gasteiger partial charge in [-0.1, -0.05) is 24.4 Å². The maximum Gasteiger partial charge on any atom is 0.261 e. The molecule has 8 heteroatoms. The Labute approximate surface area is 163 Å². The predicted octanol–water partition coefficient (Wildman–Crippen LogP) is 2.29. The lowest BCUT2D eigenvalue weighted by atomic mass is 10.1. The molecule has 3 rings (SSSR count). The molecule has 2 N–H and O–H groups in total. The minimum atomic E-state index is -0.634. The first-order valence-electron chi connectivity index (χ1n) is 9.25. The van der Waals surface area contributed by atoms with Gasteiger partial charge < -0.3 is 9.64 Å². The van der Waals surface area contributed by atoms with E-state index in [4.69, 9.17) is 16.3 Å². The molecule has 27 heavy (non-hydrogen) atoms. The minimum Gasteiger partial charge on any atom is -0.496 e. The molecule has 1 heterocycles. The molecule has 1 aliphatic carbocycles. The molecule has 1 saturated heterocycles. The van der Waals surface area contributed by atoms with Crippen LogP contribution in [0.1, 0.15) is 48.9 Å². The number of ether oxygens (including phenoxy) is 1. The van der Waals surface area contributed by atoms with E-state index in [1.54, 1.807) is 12.1 Å². The fourth-order valence-corrected chi connectivity index (χ4v) is 3.95. The third-order valence-electron chi connectivity index (χ3n) is 5.24. The van der Waals surface area contributed by atoms with Crippen LogP contribution < -0.4 is 15.6 Å². The van der Waals surface area contributed by atoms with Crippen molar-refractivity contribution in [2.24, 2.45) is 5.92 Å². The van der Waals surface area contributed by atoms with Gasteiger partial charge in [0.2, 0.25) is 5.91 Å². The smallest absolute Gasteiger partial charge is 0.261 e. The number of likely N-dealkylation sites (tertiary alicyclic amines) is 1. The number of hydrazine groups is 1. The second-order valence-corrected chi connectivity index (χ2v) is 7.40. The molecule has 1 aromatic rings. The molecule has 0 unspecified atom stereocenters. The van der Waals surface area contributed by atoms with Crippen molar-refractivity contribution in [2.75, 3.05) is 13.7 Å². The average Bonchev–Trinajstić information content (AvgIpc) is 3.36. The predicted molar refractivity (Wildman–Crippen MR) is 100 cm³/mol. The number of nitrogens with zero attached hydrogens (tertiary/aromatic N) is 1. The summed E-state index contributed by atoms with van der Waals surface area (Å²) in [7, 11) is 1.48. The standard InChI is InChI=1S/C19H24ClN3O4/c1-27-16-9-8-13(20)11-14(16)19(26)23-10-4-7-15(23)18(25)22-21-17(24)12-5-2-3-6-12/h8-9,11-12,15H,2-7,10H2,1H3,(H,21,24)(H,22,25)/t15-/m1/s1. The Hall–Kier alpha value is -2.28. The van der Waals surface area contributed by atoms with E-state index in [-0.39, 0.29) is 23.6 Å². The lowest BCUT2D eigenvalue weighted by Gasteiger charge is -2.25. The summed E-state index contributed by atoms with van der Waals surface area (Å²) in [6, 6.07) is 4.18. The molecule has 1 saturated carbocycles. The zero-order valence-corrected chi connectivity index (χ0v) is 16.1. The van der Waals surface area contributed by atoms with Gasteiger partial charge in [0, 0.05) is 17.5 Å². The van der Waals surface area contributed by atoms with Crippen LogP contribution in [-0.2, 0) is 9.59 Å². The summed E-state index contributed by atoms with van der Waals surface area (Å²) in [5.74, 6) is -0.483. The number of carbonyl (C=O) groups excluding carboxylic acids is 3. The highest BCUT2D eigenvalue weighted by molar-refractivity contribution is 6.31. The molecule has 0 spiro atoms. The van der Waals surface area contributed by atoms with E-state index in [2.05, 4.69) is 10.9 Å². The molecular formula is C19H24ClN3O4. The Balaban J connectivity index is 1.65. The van der Waals surface area contributed by atoms with Crippen LogP contribution in [-0.4, -0.2) is 42.3 Å². The lowest BCUT2D eigenvalue weighted by molar-refractivity contribution is -0.132. The molecule has 146 valence electrons. The fraction of sp³-hybridized carbons (Fsp3) is 0.526. The van der Waals surface area contributed by atoms with Crippen LogP contribution >= 0.6 is 11.6 Å². The van der Waals surface area contributed by atoms with Crippen LogP contribution in [0.4, 0.5) is 0 Å². The van der Waals surface area contributed by atoms with E-state index in [1.165, 1.54) is 18.1 Å². The zero-order chi connectivity index (χ0) is 19.4. The third kappa shape index (κ3) is 4.35. The molecule has 1 aliphatic heterocycles.